The van der Waals surface area contributed by atoms with Gasteiger partial charge in [0.2, 0.25) is 0 Å². The number of hydrogen-bond donors (Lipinski definition) is 1. The molecule has 2 aromatic carbocycles. The number of rotatable bonds is 2. The summed E-state index contributed by atoms with van der Waals surface area (Å²) in [5.74, 6) is 0.737. The maximum atomic E-state index is 12.9. The van der Waals surface area contributed by atoms with Crippen LogP contribution in [0.1, 0.15) is 19.8 Å². The van der Waals surface area contributed by atoms with E-state index < -0.39 is 0 Å². The van der Waals surface area contributed by atoms with Crippen LogP contribution in [0.4, 0.5) is 5.69 Å². The molecule has 2 heterocycles. The second-order valence-electron chi connectivity index (χ2n) is 6.76. The smallest absolute Gasteiger partial charge is 0.272 e. The molecule has 24 heavy (non-hydrogen) atoms. The van der Waals surface area contributed by atoms with E-state index in [0.29, 0.717) is 0 Å². The molecule has 1 N–H and O–H groups in total. The van der Waals surface area contributed by atoms with Crippen LogP contribution in [0.3, 0.4) is 0 Å². The summed E-state index contributed by atoms with van der Waals surface area (Å²) in [6.45, 7) is 4.19. The number of aromatic nitrogens is 1. The minimum atomic E-state index is 0.0158. The molecule has 1 fully saturated rings. The first-order valence-electron chi connectivity index (χ1n) is 8.69. The van der Waals surface area contributed by atoms with Crippen LogP contribution in [0.5, 0.6) is 0 Å². The zero-order valence-electron chi connectivity index (χ0n) is 14.0. The lowest BCUT2D eigenvalue weighted by Gasteiger charge is -2.33. The van der Waals surface area contributed by atoms with Gasteiger partial charge in [0.25, 0.3) is 5.56 Å². The monoisotopic (exact) mass is 318 g/mol. The van der Waals surface area contributed by atoms with Gasteiger partial charge in [-0.1, -0.05) is 55.5 Å². The number of hydrogen-bond acceptors (Lipinski definition) is 2. The van der Waals surface area contributed by atoms with Crippen molar-refractivity contribution < 1.29 is 0 Å². The molecule has 0 bridgehead atoms. The lowest BCUT2D eigenvalue weighted by Crippen LogP contribution is -2.36. The maximum Gasteiger partial charge on any atom is 0.272 e. The van der Waals surface area contributed by atoms with E-state index in [0.717, 1.165) is 59.6 Å². The van der Waals surface area contributed by atoms with Gasteiger partial charge in [0.1, 0.15) is 5.69 Å². The van der Waals surface area contributed by atoms with E-state index in [2.05, 4.69) is 35.0 Å². The fraction of sp³-hybridized carbons (Fsp3) is 0.286. The van der Waals surface area contributed by atoms with Crippen molar-refractivity contribution in [2.75, 3.05) is 18.0 Å². The van der Waals surface area contributed by atoms with Crippen LogP contribution < -0.4 is 10.5 Å². The van der Waals surface area contributed by atoms with Crippen molar-refractivity contribution in [1.29, 1.82) is 0 Å². The van der Waals surface area contributed by atoms with E-state index in [4.69, 9.17) is 0 Å². The van der Waals surface area contributed by atoms with Gasteiger partial charge in [-0.3, -0.25) is 4.79 Å². The molecule has 3 heteroatoms. The van der Waals surface area contributed by atoms with Crippen molar-refractivity contribution in [2.45, 2.75) is 19.8 Å². The van der Waals surface area contributed by atoms with E-state index in [1.54, 1.807) is 0 Å². The van der Waals surface area contributed by atoms with Crippen molar-refractivity contribution in [1.82, 2.24) is 4.98 Å². The Labute approximate surface area is 141 Å². The Balaban J connectivity index is 1.98. The van der Waals surface area contributed by atoms with E-state index >= 15 is 0 Å². The summed E-state index contributed by atoms with van der Waals surface area (Å²) < 4.78 is 0. The molecule has 0 saturated carbocycles. The van der Waals surface area contributed by atoms with Crippen LogP contribution in [0, 0.1) is 5.92 Å². The summed E-state index contributed by atoms with van der Waals surface area (Å²) in [6, 6.07) is 18.4. The van der Waals surface area contributed by atoms with E-state index in [9.17, 15) is 4.79 Å². The van der Waals surface area contributed by atoms with Crippen molar-refractivity contribution in [2.24, 2.45) is 5.92 Å². The Morgan fingerprint density at radius 2 is 1.62 bits per heavy atom. The summed E-state index contributed by atoms with van der Waals surface area (Å²) in [4.78, 5) is 18.3. The molecular formula is C21H22N2O. The Morgan fingerprint density at radius 3 is 2.38 bits per heavy atom. The van der Waals surface area contributed by atoms with Gasteiger partial charge in [0.15, 0.2) is 0 Å². The summed E-state index contributed by atoms with van der Waals surface area (Å²) >= 11 is 0. The number of H-pyrrole nitrogens is 1. The molecule has 1 saturated heterocycles. The van der Waals surface area contributed by atoms with Crippen LogP contribution in [0.15, 0.2) is 59.4 Å². The van der Waals surface area contributed by atoms with Gasteiger partial charge >= 0.3 is 0 Å². The molecule has 0 unspecified atom stereocenters. The molecule has 122 valence electrons. The molecule has 0 spiro atoms. The zero-order valence-corrected chi connectivity index (χ0v) is 14.0. The van der Waals surface area contributed by atoms with Gasteiger partial charge < -0.3 is 9.88 Å². The highest BCUT2D eigenvalue weighted by atomic mass is 16.1. The minimum Gasteiger partial charge on any atom is -0.367 e. The number of nitrogens with zero attached hydrogens (tertiary/aromatic N) is 1. The number of pyridine rings is 1. The first-order valence-corrected chi connectivity index (χ1v) is 8.69. The summed E-state index contributed by atoms with van der Waals surface area (Å²) in [7, 11) is 0. The van der Waals surface area contributed by atoms with Crippen LogP contribution in [0.25, 0.3) is 22.0 Å². The lowest BCUT2D eigenvalue weighted by molar-refractivity contribution is 0.438. The molecule has 3 aromatic rings. The summed E-state index contributed by atoms with van der Waals surface area (Å²) in [6.07, 6.45) is 2.28. The second-order valence-corrected chi connectivity index (χ2v) is 6.76. The maximum absolute atomic E-state index is 12.9. The average molecular weight is 318 g/mol. The Morgan fingerprint density at radius 1 is 0.958 bits per heavy atom. The fourth-order valence-corrected chi connectivity index (χ4v) is 3.66. The number of fused-ring (bicyclic) bond motifs is 1. The van der Waals surface area contributed by atoms with Gasteiger partial charge in [0, 0.05) is 29.6 Å². The molecule has 0 radical (unpaired) electrons. The van der Waals surface area contributed by atoms with Crippen molar-refractivity contribution in [3.8, 4) is 11.1 Å². The number of nitrogens with one attached hydrogen (secondary N) is 1. The average Bonchev–Trinajstić information content (AvgIpc) is 2.62. The lowest BCUT2D eigenvalue weighted by atomic mass is 9.95. The van der Waals surface area contributed by atoms with Gasteiger partial charge in [-0.15, -0.1) is 0 Å². The molecular weight excluding hydrogens is 296 g/mol. The highest BCUT2D eigenvalue weighted by Crippen LogP contribution is 2.35. The van der Waals surface area contributed by atoms with Gasteiger partial charge in [-0.2, -0.15) is 0 Å². The van der Waals surface area contributed by atoms with E-state index in [1.165, 1.54) is 0 Å². The van der Waals surface area contributed by atoms with Crippen LogP contribution in [-0.4, -0.2) is 18.1 Å². The number of para-hydroxylation sites is 1. The number of anilines is 1. The highest BCUT2D eigenvalue weighted by Gasteiger charge is 2.23. The number of benzene rings is 2. The van der Waals surface area contributed by atoms with Gasteiger partial charge in [-0.25, -0.2) is 0 Å². The molecule has 4 rings (SSSR count). The zero-order chi connectivity index (χ0) is 16.5. The Hall–Kier alpha value is -2.55. The molecule has 1 aromatic heterocycles. The third-order valence-electron chi connectivity index (χ3n) is 5.06. The predicted molar refractivity (Wildman–Crippen MR) is 101 cm³/mol. The third kappa shape index (κ3) is 2.60. The minimum absolute atomic E-state index is 0.0158. The molecule has 3 nitrogen and oxygen atoms in total. The Bertz CT molecular complexity index is 906. The van der Waals surface area contributed by atoms with Crippen LogP contribution in [0.2, 0.25) is 0 Å². The first-order chi connectivity index (χ1) is 11.7. The quantitative estimate of drug-likeness (QED) is 0.758. The first kappa shape index (κ1) is 15.0. The van der Waals surface area contributed by atoms with E-state index in [-0.39, 0.29) is 5.56 Å². The third-order valence-corrected chi connectivity index (χ3v) is 5.06. The van der Waals surface area contributed by atoms with Crippen LogP contribution >= 0.6 is 0 Å². The van der Waals surface area contributed by atoms with Gasteiger partial charge in [0.05, 0.1) is 0 Å². The highest BCUT2D eigenvalue weighted by molar-refractivity contribution is 6.00. The van der Waals surface area contributed by atoms with Crippen molar-refractivity contribution in [3.63, 3.8) is 0 Å². The fourth-order valence-electron chi connectivity index (χ4n) is 3.66. The van der Waals surface area contributed by atoms with Crippen molar-refractivity contribution >= 4 is 16.6 Å². The molecule has 0 amide bonds. The Kier molecular flexibility index (Phi) is 3.85. The normalized spacial score (nSPS) is 15.8. The summed E-state index contributed by atoms with van der Waals surface area (Å²) in [5.41, 5.74) is 3.90. The van der Waals surface area contributed by atoms with Crippen molar-refractivity contribution in [3.05, 3.63) is 65.0 Å². The molecule has 1 aliphatic heterocycles. The van der Waals surface area contributed by atoms with E-state index in [1.807, 2.05) is 36.4 Å². The predicted octanol–water partition coefficient (Wildman–Crippen LogP) is 4.43. The second kappa shape index (κ2) is 6.16. The standard InChI is InChI=1S/C21H22N2O/c1-15-11-13-23(14-12-15)20-19(16-7-3-2-4-8-16)17-9-5-6-10-18(17)22-21(20)24/h2-10,15H,11-14H2,1H3,(H,22,24). The molecule has 1 aliphatic rings. The molecule has 0 atom stereocenters. The number of aromatic amines is 1. The number of piperidine rings is 1. The van der Waals surface area contributed by atoms with Gasteiger partial charge in [-0.05, 0) is 30.4 Å². The molecule has 0 aliphatic carbocycles. The topological polar surface area (TPSA) is 36.1 Å². The SMILES string of the molecule is CC1CCN(c2c(-c3ccccc3)c3ccccc3[nH]c2=O)CC1. The largest absolute Gasteiger partial charge is 0.367 e. The van der Waals surface area contributed by atoms with Crippen LogP contribution in [-0.2, 0) is 0 Å². The summed E-state index contributed by atoms with van der Waals surface area (Å²) in [5, 5.41) is 1.11.